The average molecular weight is 300 g/mol. The molecule has 110 valence electrons. The van der Waals surface area contributed by atoms with Crippen molar-refractivity contribution in [1.29, 1.82) is 0 Å². The Morgan fingerprint density at radius 2 is 2.19 bits per heavy atom. The minimum Gasteiger partial charge on any atom is -0.397 e. The zero-order valence-electron chi connectivity index (χ0n) is 12.2. The molecule has 2 fully saturated rings. The molecule has 4 rings (SSSR count). The Morgan fingerprint density at radius 1 is 1.33 bits per heavy atom. The van der Waals surface area contributed by atoms with Crippen LogP contribution in [0.15, 0.2) is 18.2 Å². The van der Waals surface area contributed by atoms with Crippen molar-refractivity contribution in [1.82, 2.24) is 5.32 Å². The van der Waals surface area contributed by atoms with E-state index in [1.54, 1.807) is 0 Å². The summed E-state index contributed by atoms with van der Waals surface area (Å²) in [5.41, 5.74) is 8.02. The molecule has 3 nitrogen and oxygen atoms in total. The van der Waals surface area contributed by atoms with E-state index in [-0.39, 0.29) is 5.91 Å². The fourth-order valence-electron chi connectivity index (χ4n) is 4.05. The molecule has 3 atom stereocenters. The summed E-state index contributed by atoms with van der Waals surface area (Å²) in [7, 11) is 0. The number of hydrogen-bond acceptors (Lipinski definition) is 3. The second kappa shape index (κ2) is 4.73. The topological polar surface area (TPSA) is 55.1 Å². The molecule has 0 spiro atoms. The summed E-state index contributed by atoms with van der Waals surface area (Å²) >= 11 is 1.51. The third-order valence-electron chi connectivity index (χ3n) is 5.14. The van der Waals surface area contributed by atoms with Gasteiger partial charge in [-0.1, -0.05) is 18.1 Å². The van der Waals surface area contributed by atoms with Crippen LogP contribution in [-0.4, -0.2) is 11.9 Å². The first kappa shape index (κ1) is 13.1. The lowest BCUT2D eigenvalue weighted by atomic mass is 9.95. The lowest BCUT2D eigenvalue weighted by Crippen LogP contribution is -2.38. The van der Waals surface area contributed by atoms with Gasteiger partial charge in [0.1, 0.15) is 4.88 Å². The van der Waals surface area contributed by atoms with Gasteiger partial charge in [0, 0.05) is 16.1 Å². The number of amides is 1. The van der Waals surface area contributed by atoms with Crippen molar-refractivity contribution in [2.45, 2.75) is 38.6 Å². The van der Waals surface area contributed by atoms with E-state index in [1.165, 1.54) is 36.2 Å². The van der Waals surface area contributed by atoms with Crippen LogP contribution in [0.4, 0.5) is 5.69 Å². The minimum atomic E-state index is 0.0175. The maximum atomic E-state index is 12.6. The zero-order valence-corrected chi connectivity index (χ0v) is 13.0. The fourth-order valence-corrected chi connectivity index (χ4v) is 5.06. The van der Waals surface area contributed by atoms with Gasteiger partial charge >= 0.3 is 0 Å². The van der Waals surface area contributed by atoms with Gasteiger partial charge in [-0.2, -0.15) is 0 Å². The van der Waals surface area contributed by atoms with E-state index in [0.717, 1.165) is 22.4 Å². The van der Waals surface area contributed by atoms with Crippen LogP contribution >= 0.6 is 11.3 Å². The highest BCUT2D eigenvalue weighted by molar-refractivity contribution is 7.21. The maximum absolute atomic E-state index is 12.6. The van der Waals surface area contributed by atoms with Gasteiger partial charge in [0.25, 0.3) is 5.91 Å². The predicted octanol–water partition coefficient (Wildman–Crippen LogP) is 3.71. The van der Waals surface area contributed by atoms with E-state index in [0.29, 0.717) is 22.5 Å². The van der Waals surface area contributed by atoms with Crippen molar-refractivity contribution in [3.05, 3.63) is 28.6 Å². The summed E-state index contributed by atoms with van der Waals surface area (Å²) in [6.45, 7) is 2.05. The first-order chi connectivity index (χ1) is 10.1. The molecule has 3 unspecified atom stereocenters. The summed E-state index contributed by atoms with van der Waals surface area (Å²) in [4.78, 5) is 13.3. The molecule has 2 bridgehead atoms. The van der Waals surface area contributed by atoms with Crippen LogP contribution in [0.25, 0.3) is 10.1 Å². The van der Waals surface area contributed by atoms with Crippen LogP contribution in [0, 0.1) is 18.8 Å². The van der Waals surface area contributed by atoms with Crippen molar-refractivity contribution in [3.8, 4) is 0 Å². The number of nitrogens with one attached hydrogen (secondary N) is 1. The lowest BCUT2D eigenvalue weighted by Gasteiger charge is -2.22. The molecule has 0 radical (unpaired) electrons. The molecule has 1 aromatic carbocycles. The quantitative estimate of drug-likeness (QED) is 0.888. The van der Waals surface area contributed by atoms with Gasteiger partial charge in [-0.15, -0.1) is 11.3 Å². The van der Waals surface area contributed by atoms with Gasteiger partial charge in [-0.05, 0) is 50.2 Å². The monoisotopic (exact) mass is 300 g/mol. The number of nitrogen functional groups attached to an aromatic ring is 1. The molecule has 0 saturated heterocycles. The van der Waals surface area contributed by atoms with Crippen LogP contribution in [-0.2, 0) is 0 Å². The van der Waals surface area contributed by atoms with Crippen LogP contribution in [0.2, 0.25) is 0 Å². The standard InChI is InChI=1S/C17H20N2OS/c1-9-2-5-14-12(6-9)15(18)16(21-14)17(20)19-13-8-10-3-4-11(13)7-10/h2,5-6,10-11,13H,3-4,7-8,18H2,1H3,(H,19,20). The van der Waals surface area contributed by atoms with E-state index >= 15 is 0 Å². The molecule has 4 heteroatoms. The summed E-state index contributed by atoms with van der Waals surface area (Å²) in [6, 6.07) is 6.55. The first-order valence-corrected chi connectivity index (χ1v) is 8.53. The van der Waals surface area contributed by atoms with E-state index in [9.17, 15) is 4.79 Å². The smallest absolute Gasteiger partial charge is 0.263 e. The molecular weight excluding hydrogens is 280 g/mol. The molecular formula is C17H20N2OS. The second-order valence-corrected chi connectivity index (χ2v) is 7.65. The molecule has 1 aromatic heterocycles. The number of thiophene rings is 1. The van der Waals surface area contributed by atoms with Gasteiger partial charge in [0.2, 0.25) is 0 Å². The Balaban J connectivity index is 1.61. The largest absolute Gasteiger partial charge is 0.397 e. The van der Waals surface area contributed by atoms with E-state index in [4.69, 9.17) is 5.73 Å². The number of fused-ring (bicyclic) bond motifs is 3. The van der Waals surface area contributed by atoms with Crippen molar-refractivity contribution in [2.24, 2.45) is 11.8 Å². The van der Waals surface area contributed by atoms with Gasteiger partial charge < -0.3 is 11.1 Å². The van der Waals surface area contributed by atoms with E-state index in [1.807, 2.05) is 6.92 Å². The van der Waals surface area contributed by atoms with Crippen molar-refractivity contribution < 1.29 is 4.79 Å². The van der Waals surface area contributed by atoms with Gasteiger partial charge in [0.15, 0.2) is 0 Å². The third-order valence-corrected chi connectivity index (χ3v) is 6.33. The SMILES string of the molecule is Cc1ccc2sc(C(=O)NC3CC4CCC3C4)c(N)c2c1. The highest BCUT2D eigenvalue weighted by atomic mass is 32.1. The number of nitrogens with two attached hydrogens (primary N) is 1. The molecule has 3 N–H and O–H groups in total. The molecule has 1 heterocycles. The fraction of sp³-hybridized carbons (Fsp3) is 0.471. The Hall–Kier alpha value is -1.55. The van der Waals surface area contributed by atoms with Crippen LogP contribution < -0.4 is 11.1 Å². The Bertz CT molecular complexity index is 721. The molecule has 2 aliphatic carbocycles. The maximum Gasteiger partial charge on any atom is 0.263 e. The summed E-state index contributed by atoms with van der Waals surface area (Å²) in [6.07, 6.45) is 5.07. The van der Waals surface area contributed by atoms with Crippen molar-refractivity contribution in [3.63, 3.8) is 0 Å². The van der Waals surface area contributed by atoms with E-state index in [2.05, 4.69) is 23.5 Å². The van der Waals surface area contributed by atoms with Gasteiger partial charge in [-0.3, -0.25) is 4.79 Å². The predicted molar refractivity (Wildman–Crippen MR) is 87.7 cm³/mol. The van der Waals surface area contributed by atoms with Crippen molar-refractivity contribution >= 4 is 33.0 Å². The summed E-state index contributed by atoms with van der Waals surface area (Å²) in [5, 5.41) is 4.25. The summed E-state index contributed by atoms with van der Waals surface area (Å²) in [5.74, 6) is 1.54. The Kier molecular flexibility index (Phi) is 2.96. The Labute approximate surface area is 128 Å². The molecule has 0 aliphatic heterocycles. The van der Waals surface area contributed by atoms with Crippen LogP contribution in [0.5, 0.6) is 0 Å². The molecule has 2 aromatic rings. The van der Waals surface area contributed by atoms with E-state index < -0.39 is 0 Å². The zero-order chi connectivity index (χ0) is 14.6. The second-order valence-electron chi connectivity index (χ2n) is 6.60. The highest BCUT2D eigenvalue weighted by Gasteiger charge is 2.40. The normalized spacial score (nSPS) is 27.4. The first-order valence-electron chi connectivity index (χ1n) is 7.71. The Morgan fingerprint density at radius 3 is 2.90 bits per heavy atom. The number of carbonyl (C=O) groups excluding carboxylic acids is 1. The molecule has 1 amide bonds. The molecule has 2 aliphatic rings. The number of benzene rings is 1. The number of rotatable bonds is 2. The lowest BCUT2D eigenvalue weighted by molar-refractivity contribution is 0.0928. The highest BCUT2D eigenvalue weighted by Crippen LogP contribution is 2.44. The van der Waals surface area contributed by atoms with Crippen LogP contribution in [0.3, 0.4) is 0 Å². The van der Waals surface area contributed by atoms with Crippen molar-refractivity contribution in [2.75, 3.05) is 5.73 Å². The molecule has 2 saturated carbocycles. The third kappa shape index (κ3) is 2.13. The van der Waals surface area contributed by atoms with Crippen LogP contribution in [0.1, 0.15) is 40.9 Å². The number of anilines is 1. The minimum absolute atomic E-state index is 0.0175. The average Bonchev–Trinajstić information content (AvgIpc) is 3.14. The molecule has 21 heavy (non-hydrogen) atoms. The number of hydrogen-bond donors (Lipinski definition) is 2. The number of carbonyl (C=O) groups is 1. The number of aryl methyl sites for hydroxylation is 1. The van der Waals surface area contributed by atoms with Gasteiger partial charge in [0.05, 0.1) is 5.69 Å². The summed E-state index contributed by atoms with van der Waals surface area (Å²) < 4.78 is 1.09. The van der Waals surface area contributed by atoms with Gasteiger partial charge in [-0.25, -0.2) is 0 Å².